The number of rotatable bonds is 2. The Balaban J connectivity index is 2.60. The van der Waals surface area contributed by atoms with Gasteiger partial charge in [-0.2, -0.15) is 5.26 Å². The summed E-state index contributed by atoms with van der Waals surface area (Å²) in [5, 5.41) is 8.43. The molecule has 1 aromatic heterocycles. The van der Waals surface area contributed by atoms with Crippen molar-refractivity contribution in [1.82, 2.24) is 4.57 Å². The predicted molar refractivity (Wildman–Crippen MR) is 56.0 cm³/mol. The molecule has 0 spiro atoms. The smallest absolute Gasteiger partial charge is 0.408 e. The zero-order valence-corrected chi connectivity index (χ0v) is 8.56. The third-order valence-electron chi connectivity index (χ3n) is 2.35. The van der Waals surface area contributed by atoms with Crippen LogP contribution >= 0.6 is 0 Å². The Morgan fingerprint density at radius 2 is 2.31 bits per heavy atom. The summed E-state index contributed by atoms with van der Waals surface area (Å²) in [7, 11) is 1.56. The number of ketones is 1. The molecule has 0 aliphatic rings. The Hall–Kier alpha value is -2.35. The van der Waals surface area contributed by atoms with Crippen molar-refractivity contribution in [2.24, 2.45) is 7.05 Å². The normalized spacial score (nSPS) is 10.2. The number of hydrogen-bond acceptors (Lipinski definition) is 4. The van der Waals surface area contributed by atoms with Gasteiger partial charge in [-0.15, -0.1) is 0 Å². The van der Waals surface area contributed by atoms with Crippen molar-refractivity contribution in [2.45, 2.75) is 6.42 Å². The second-order valence-corrected chi connectivity index (χ2v) is 3.37. The van der Waals surface area contributed by atoms with Gasteiger partial charge in [-0.3, -0.25) is 9.36 Å². The molecule has 0 amide bonds. The maximum absolute atomic E-state index is 11.5. The largest absolute Gasteiger partial charge is 0.419 e. The highest BCUT2D eigenvalue weighted by atomic mass is 16.4. The molecule has 2 rings (SSSR count). The number of fused-ring (bicyclic) bond motifs is 1. The van der Waals surface area contributed by atoms with Crippen LogP contribution in [-0.4, -0.2) is 10.4 Å². The molecule has 0 atom stereocenters. The van der Waals surface area contributed by atoms with Crippen LogP contribution in [0, 0.1) is 11.3 Å². The maximum Gasteiger partial charge on any atom is 0.419 e. The molecule has 0 aliphatic heterocycles. The van der Waals surface area contributed by atoms with E-state index in [-0.39, 0.29) is 12.2 Å². The van der Waals surface area contributed by atoms with E-state index in [0.29, 0.717) is 16.7 Å². The van der Waals surface area contributed by atoms with E-state index < -0.39 is 5.76 Å². The summed E-state index contributed by atoms with van der Waals surface area (Å²) in [5.41, 5.74) is 1.39. The van der Waals surface area contributed by atoms with Crippen LogP contribution in [0.15, 0.2) is 27.4 Å². The fraction of sp³-hybridized carbons (Fsp3) is 0.182. The maximum atomic E-state index is 11.5. The molecule has 16 heavy (non-hydrogen) atoms. The van der Waals surface area contributed by atoms with Crippen molar-refractivity contribution in [3.05, 3.63) is 34.3 Å². The Bertz CT molecular complexity index is 658. The summed E-state index contributed by atoms with van der Waals surface area (Å²) in [5.74, 6) is -0.738. The fourth-order valence-electron chi connectivity index (χ4n) is 1.47. The van der Waals surface area contributed by atoms with Gasteiger partial charge in [-0.25, -0.2) is 4.79 Å². The van der Waals surface area contributed by atoms with Crippen LogP contribution in [-0.2, 0) is 7.05 Å². The van der Waals surface area contributed by atoms with Gasteiger partial charge < -0.3 is 4.42 Å². The van der Waals surface area contributed by atoms with E-state index in [1.807, 2.05) is 0 Å². The minimum absolute atomic E-state index is 0.169. The zero-order chi connectivity index (χ0) is 11.7. The molecular formula is C11H8N2O3. The number of benzene rings is 1. The highest BCUT2D eigenvalue weighted by Gasteiger charge is 2.10. The van der Waals surface area contributed by atoms with E-state index in [0.717, 1.165) is 0 Å². The standard InChI is InChI=1S/C11H8N2O3/c1-13-8-6-7(9(14)4-5-12)2-3-10(8)16-11(13)15/h2-3,6H,4H2,1H3. The quantitative estimate of drug-likeness (QED) is 0.707. The first-order valence-corrected chi connectivity index (χ1v) is 4.63. The van der Waals surface area contributed by atoms with Crippen molar-refractivity contribution in [1.29, 1.82) is 5.26 Å². The molecule has 5 nitrogen and oxygen atoms in total. The van der Waals surface area contributed by atoms with E-state index in [9.17, 15) is 9.59 Å². The van der Waals surface area contributed by atoms with Crippen molar-refractivity contribution >= 4 is 16.9 Å². The molecule has 0 radical (unpaired) electrons. The van der Waals surface area contributed by atoms with E-state index >= 15 is 0 Å². The van der Waals surface area contributed by atoms with Crippen LogP contribution in [0.2, 0.25) is 0 Å². The highest BCUT2D eigenvalue weighted by Crippen LogP contribution is 2.15. The molecule has 0 saturated heterocycles. The van der Waals surface area contributed by atoms with Crippen molar-refractivity contribution in [3.8, 4) is 6.07 Å². The second kappa shape index (κ2) is 3.66. The topological polar surface area (TPSA) is 76.0 Å². The average molecular weight is 216 g/mol. The van der Waals surface area contributed by atoms with E-state index in [4.69, 9.17) is 9.68 Å². The van der Waals surface area contributed by atoms with Gasteiger partial charge >= 0.3 is 5.76 Å². The number of aryl methyl sites for hydroxylation is 1. The number of nitrogens with zero attached hydrogens (tertiary/aromatic N) is 2. The summed E-state index contributed by atoms with van der Waals surface area (Å²) in [6.07, 6.45) is -0.169. The number of hydrogen-bond donors (Lipinski definition) is 0. The third kappa shape index (κ3) is 1.50. The van der Waals surface area contributed by atoms with Crippen molar-refractivity contribution in [2.75, 3.05) is 0 Å². The van der Waals surface area contributed by atoms with Crippen LogP contribution in [0.1, 0.15) is 16.8 Å². The molecule has 0 fully saturated rings. The number of nitriles is 1. The van der Waals surface area contributed by atoms with Gasteiger partial charge in [-0.05, 0) is 18.2 Å². The molecule has 1 aromatic carbocycles. The summed E-state index contributed by atoms with van der Waals surface area (Å²) >= 11 is 0. The molecule has 5 heteroatoms. The number of Topliss-reactive ketones (excluding diaryl/α,β-unsaturated/α-hetero) is 1. The summed E-state index contributed by atoms with van der Waals surface area (Å²) in [6, 6.07) is 6.45. The summed E-state index contributed by atoms with van der Waals surface area (Å²) < 4.78 is 6.24. The zero-order valence-electron chi connectivity index (χ0n) is 8.56. The molecule has 0 bridgehead atoms. The minimum atomic E-state index is -0.472. The lowest BCUT2D eigenvalue weighted by molar-refractivity contribution is 0.0998. The lowest BCUT2D eigenvalue weighted by Crippen LogP contribution is -2.08. The molecular weight excluding hydrogens is 208 g/mol. The first kappa shape index (κ1) is 10.2. The molecule has 80 valence electrons. The van der Waals surface area contributed by atoms with E-state index in [1.165, 1.54) is 4.57 Å². The summed E-state index contributed by atoms with van der Waals surface area (Å²) in [6.45, 7) is 0. The number of carbonyl (C=O) groups excluding carboxylic acids is 1. The Labute approximate surface area is 90.5 Å². The van der Waals surface area contributed by atoms with Gasteiger partial charge in [0.05, 0.1) is 18.0 Å². The van der Waals surface area contributed by atoms with Gasteiger partial charge in [0.2, 0.25) is 0 Å². The van der Waals surface area contributed by atoms with Gasteiger partial charge in [0.1, 0.15) is 0 Å². The number of aromatic nitrogens is 1. The third-order valence-corrected chi connectivity index (χ3v) is 2.35. The molecule has 0 unspecified atom stereocenters. The minimum Gasteiger partial charge on any atom is -0.408 e. The molecule has 2 aromatic rings. The fourth-order valence-corrected chi connectivity index (χ4v) is 1.47. The number of oxazole rings is 1. The highest BCUT2D eigenvalue weighted by molar-refractivity contribution is 5.99. The Kier molecular flexibility index (Phi) is 2.33. The van der Waals surface area contributed by atoms with Crippen LogP contribution < -0.4 is 5.76 Å². The van der Waals surface area contributed by atoms with Gasteiger partial charge in [0.15, 0.2) is 11.4 Å². The van der Waals surface area contributed by atoms with Gasteiger partial charge in [0, 0.05) is 12.6 Å². The first-order chi connectivity index (χ1) is 7.63. The monoisotopic (exact) mass is 216 g/mol. The Morgan fingerprint density at radius 3 is 3.00 bits per heavy atom. The van der Waals surface area contributed by atoms with Crippen LogP contribution in [0.5, 0.6) is 0 Å². The van der Waals surface area contributed by atoms with Crippen LogP contribution in [0.3, 0.4) is 0 Å². The van der Waals surface area contributed by atoms with Gasteiger partial charge in [0.25, 0.3) is 0 Å². The van der Waals surface area contributed by atoms with E-state index in [2.05, 4.69) is 0 Å². The number of carbonyl (C=O) groups is 1. The SMILES string of the molecule is Cn1c(=O)oc2ccc(C(=O)CC#N)cc21. The predicted octanol–water partition coefficient (Wildman–Crippen LogP) is 1.23. The van der Waals surface area contributed by atoms with Crippen molar-refractivity contribution in [3.63, 3.8) is 0 Å². The molecule has 0 aliphatic carbocycles. The van der Waals surface area contributed by atoms with E-state index in [1.54, 1.807) is 31.3 Å². The first-order valence-electron chi connectivity index (χ1n) is 4.63. The van der Waals surface area contributed by atoms with Gasteiger partial charge in [-0.1, -0.05) is 0 Å². The second-order valence-electron chi connectivity index (χ2n) is 3.37. The summed E-state index contributed by atoms with van der Waals surface area (Å²) in [4.78, 5) is 22.7. The lowest BCUT2D eigenvalue weighted by atomic mass is 10.1. The molecule has 0 saturated carbocycles. The average Bonchev–Trinajstić information content (AvgIpc) is 2.55. The van der Waals surface area contributed by atoms with Crippen LogP contribution in [0.4, 0.5) is 0 Å². The lowest BCUT2D eigenvalue weighted by Gasteiger charge is -1.97. The van der Waals surface area contributed by atoms with Crippen molar-refractivity contribution < 1.29 is 9.21 Å². The Morgan fingerprint density at radius 1 is 1.56 bits per heavy atom. The molecule has 0 N–H and O–H groups in total. The van der Waals surface area contributed by atoms with Crippen LogP contribution in [0.25, 0.3) is 11.1 Å². The molecule has 1 heterocycles.